The van der Waals surface area contributed by atoms with Crippen molar-refractivity contribution in [2.24, 2.45) is 23.7 Å². The van der Waals surface area contributed by atoms with E-state index in [0.29, 0.717) is 30.1 Å². The molecule has 1 atom stereocenters. The third-order valence-electron chi connectivity index (χ3n) is 6.61. The molecule has 0 heterocycles. The Bertz CT molecular complexity index is 2780. The minimum Gasteiger partial charge on any atom is -0.508 e. The summed E-state index contributed by atoms with van der Waals surface area (Å²) in [4.78, 5) is 95.6. The minimum atomic E-state index is -1.22. The molecule has 32 heteroatoms. The summed E-state index contributed by atoms with van der Waals surface area (Å²) in [6.07, 6.45) is 3.60. The Morgan fingerprint density at radius 1 is 0.440 bits per heavy atom. The summed E-state index contributed by atoms with van der Waals surface area (Å²) < 4.78 is 32.8. The second-order valence-electron chi connectivity index (χ2n) is 15.7. The summed E-state index contributed by atoms with van der Waals surface area (Å²) in [7, 11) is 0. The number of benzene rings is 1. The molecular formula is C59H66N4O27S. The molecule has 0 aromatic heterocycles. The fourth-order valence-corrected chi connectivity index (χ4v) is 2.56. The molecule has 3 N–H and O–H groups in total. The Balaban J connectivity index is -0.000000183. The Morgan fingerprint density at radius 2 is 0.659 bits per heavy atom. The molecule has 1 rings (SSSR count). The third kappa shape index (κ3) is 103. The standard InChI is InChI=1S/C10H14O.4C9H5NO6.C5H12O.C4H10O.C4H10S/c1-8(2)7-9-3-5-10(11)6-4-9;4*1-2-3-4-5-6-7-14-9(11)15-8-16-10(12)13;1-4(2)5(3)6;2*1-4(2)3-5/h3-6,8,11H,7H2,1-2H3;4*8H2,1H3;4-6H,1-3H3;2*4-5H,3H2,1-2H3. The van der Waals surface area contributed by atoms with Gasteiger partial charge in [0.1, 0.15) is 30.2 Å². The number of carbonyl (C=O) groups excluding carboxylic acids is 4. The van der Waals surface area contributed by atoms with E-state index in [-0.39, 0.29) is 6.10 Å². The Morgan fingerprint density at radius 3 is 0.824 bits per heavy atom. The van der Waals surface area contributed by atoms with E-state index in [0.717, 1.165) is 18.1 Å². The summed E-state index contributed by atoms with van der Waals surface area (Å²) >= 11 is 4.02. The molecule has 490 valence electrons. The van der Waals surface area contributed by atoms with Crippen molar-refractivity contribution in [3.63, 3.8) is 0 Å². The van der Waals surface area contributed by atoms with Gasteiger partial charge in [0.15, 0.2) is 0 Å². The Kier molecular flexibility index (Phi) is 73.4. The topological polar surface area (TPSA) is 412 Å². The van der Waals surface area contributed by atoms with Gasteiger partial charge in [-0.05, 0) is 136 Å². The highest BCUT2D eigenvalue weighted by Gasteiger charge is 2.06. The number of aliphatic hydroxyl groups is 2. The Labute approximate surface area is 532 Å². The highest BCUT2D eigenvalue weighted by molar-refractivity contribution is 7.80. The number of nitrogens with zero attached hydrogens (tertiary/aromatic N) is 4. The second-order valence-corrected chi connectivity index (χ2v) is 16.0. The van der Waals surface area contributed by atoms with Crippen LogP contribution in [-0.4, -0.2) is 106 Å². The average Bonchev–Trinajstić information content (AvgIpc) is 3.69. The highest BCUT2D eigenvalue weighted by atomic mass is 32.1. The maximum atomic E-state index is 10.6. The van der Waals surface area contributed by atoms with E-state index < -0.39 is 72.1 Å². The van der Waals surface area contributed by atoms with Gasteiger partial charge in [-0.1, -0.05) is 91.2 Å². The second kappa shape index (κ2) is 72.2. The van der Waals surface area contributed by atoms with Crippen molar-refractivity contribution in [2.75, 3.05) is 39.5 Å². The molecule has 0 amide bonds. The first-order valence-electron chi connectivity index (χ1n) is 24.8. The largest absolute Gasteiger partial charge is 0.524 e. The molecule has 1 unspecified atom stereocenters. The van der Waals surface area contributed by atoms with Gasteiger partial charge in [0.2, 0.25) is 27.2 Å². The lowest BCUT2D eigenvalue weighted by Crippen LogP contribution is -2.10. The molecule has 0 aliphatic heterocycles. The van der Waals surface area contributed by atoms with Crippen molar-refractivity contribution in [2.45, 2.75) is 103 Å². The molecule has 31 nitrogen and oxygen atoms in total. The van der Waals surface area contributed by atoms with E-state index in [2.05, 4.69) is 216 Å². The number of aromatic hydroxyl groups is 1. The smallest absolute Gasteiger partial charge is 0.508 e. The van der Waals surface area contributed by atoms with E-state index in [1.807, 2.05) is 64.3 Å². The van der Waals surface area contributed by atoms with Crippen molar-refractivity contribution in [1.29, 1.82) is 0 Å². The molecule has 0 saturated carbocycles. The SMILES string of the molecule is CC#CC#CC#COC(=O)OCO[N+](=O)[O-].CC#CC#CC#COC(=O)OCO[N+](=O)[O-].CC#CC#CC#COC(=O)OCO[N+](=O)[O-].CC#CC#CC#COC(=O)OCO[N+](=O)[O-].CC(C)C(C)O.CC(C)CO.CC(C)CS.CC(C)Cc1ccc(O)cc1. The zero-order valence-electron chi connectivity index (χ0n) is 51.5. The molecule has 91 heavy (non-hydrogen) atoms. The number of rotatable bonds is 17. The number of carbonyl (C=O) groups is 4. The summed E-state index contributed by atoms with van der Waals surface area (Å²) in [5, 5.41) is 59.8. The number of ether oxygens (including phenoxy) is 8. The Hall–Kier alpha value is -12.1. The van der Waals surface area contributed by atoms with Gasteiger partial charge >= 0.3 is 24.6 Å². The van der Waals surface area contributed by atoms with Crippen LogP contribution in [0.5, 0.6) is 5.75 Å². The summed E-state index contributed by atoms with van der Waals surface area (Å²) in [5.41, 5.74) is 1.29. The van der Waals surface area contributed by atoms with Gasteiger partial charge in [-0.25, -0.2) is 19.2 Å². The van der Waals surface area contributed by atoms with Gasteiger partial charge in [0.25, 0.3) is 20.3 Å². The van der Waals surface area contributed by atoms with Crippen LogP contribution in [0, 0.1) is 207 Å². The zero-order valence-corrected chi connectivity index (χ0v) is 52.4. The molecular weight excluding hydrogens is 1230 g/mol. The molecule has 1 aromatic rings. The first-order chi connectivity index (χ1) is 43.0. The number of hydrogen-bond donors (Lipinski definition) is 4. The van der Waals surface area contributed by atoms with Crippen LogP contribution < -0.4 is 0 Å². The predicted octanol–water partition coefficient (Wildman–Crippen LogP) is 6.99. The number of phenolic OH excluding ortho intramolecular Hbond substituents is 1. The molecule has 0 radical (unpaired) electrons. The van der Waals surface area contributed by atoms with Crippen LogP contribution in [0.2, 0.25) is 0 Å². The number of thiol groups is 1. The lowest BCUT2D eigenvalue weighted by Gasteiger charge is -2.04. The first-order valence-corrected chi connectivity index (χ1v) is 25.4. The van der Waals surface area contributed by atoms with E-state index in [1.54, 1.807) is 46.8 Å². The first kappa shape index (κ1) is 92.6. The van der Waals surface area contributed by atoms with Gasteiger partial charge in [-0.2, -0.15) is 12.6 Å². The van der Waals surface area contributed by atoms with E-state index in [9.17, 15) is 59.6 Å². The molecule has 0 aliphatic rings. The lowest BCUT2D eigenvalue weighted by molar-refractivity contribution is -0.765. The summed E-state index contributed by atoms with van der Waals surface area (Å²) in [6, 6.07) is 7.40. The molecule has 0 spiro atoms. The van der Waals surface area contributed by atoms with Crippen molar-refractivity contribution in [1.82, 2.24) is 0 Å². The van der Waals surface area contributed by atoms with Crippen LogP contribution in [0.25, 0.3) is 0 Å². The van der Waals surface area contributed by atoms with Gasteiger partial charge in [-0.3, -0.25) is 19.4 Å². The third-order valence-corrected chi connectivity index (χ3v) is 7.34. The van der Waals surface area contributed by atoms with Crippen molar-refractivity contribution >= 4 is 37.3 Å². The maximum Gasteiger partial charge on any atom is 0.524 e. The molecule has 0 aliphatic carbocycles. The average molecular weight is 1300 g/mol. The maximum absolute atomic E-state index is 10.6. The van der Waals surface area contributed by atoms with Crippen molar-refractivity contribution in [3.8, 4) is 149 Å². The van der Waals surface area contributed by atoms with Gasteiger partial charge < -0.3 is 53.2 Å². The van der Waals surface area contributed by atoms with Gasteiger partial charge in [0, 0.05) is 54.0 Å². The fourth-order valence-electron chi connectivity index (χ4n) is 2.56. The van der Waals surface area contributed by atoms with Gasteiger partial charge in [-0.15, -0.1) is 40.5 Å². The van der Waals surface area contributed by atoms with Crippen LogP contribution in [0.1, 0.15) is 95.6 Å². The predicted molar refractivity (Wildman–Crippen MR) is 322 cm³/mol. The van der Waals surface area contributed by atoms with Gasteiger partial charge in [0.05, 0.1) is 6.10 Å². The number of hydrogen-bond acceptors (Lipinski definition) is 28. The van der Waals surface area contributed by atoms with Crippen LogP contribution in [0.15, 0.2) is 24.3 Å². The fraction of sp³-hybridized carbons (Fsp3) is 0.424. The summed E-state index contributed by atoms with van der Waals surface area (Å²) in [6.45, 7) is 21.7. The molecule has 1 aromatic carbocycles. The number of phenols is 1. The van der Waals surface area contributed by atoms with Crippen LogP contribution in [0.4, 0.5) is 19.2 Å². The molecule has 0 fully saturated rings. The van der Waals surface area contributed by atoms with Crippen LogP contribution in [0.3, 0.4) is 0 Å². The van der Waals surface area contributed by atoms with E-state index in [4.69, 9.17) is 15.3 Å². The zero-order chi connectivity index (χ0) is 70.9. The lowest BCUT2D eigenvalue weighted by atomic mass is 10.0. The van der Waals surface area contributed by atoms with E-state index in [1.165, 1.54) is 5.56 Å². The van der Waals surface area contributed by atoms with Crippen molar-refractivity contribution in [3.05, 3.63) is 70.3 Å². The molecule has 0 bridgehead atoms. The molecule has 0 saturated heterocycles. The summed E-state index contributed by atoms with van der Waals surface area (Å²) in [5.74, 6) is 50.2. The minimum absolute atomic E-state index is 0.148. The van der Waals surface area contributed by atoms with Crippen LogP contribution in [-0.2, 0) is 63.7 Å². The number of aliphatic hydroxyl groups excluding tert-OH is 2. The quantitative estimate of drug-likeness (QED) is 0.0232. The van der Waals surface area contributed by atoms with E-state index >= 15 is 0 Å². The van der Waals surface area contributed by atoms with Crippen molar-refractivity contribution < 1.29 is 112 Å². The highest BCUT2D eigenvalue weighted by Crippen LogP contribution is 2.12. The van der Waals surface area contributed by atoms with Crippen LogP contribution >= 0.6 is 12.6 Å². The normalized spacial score (nSPS) is 7.96. The monoisotopic (exact) mass is 1290 g/mol.